The molecule has 0 unspecified atom stereocenters. The Hall–Kier alpha value is -3.11. The van der Waals surface area contributed by atoms with Gasteiger partial charge in [0.2, 0.25) is 0 Å². The number of fused-ring (bicyclic) bond motifs is 3. The van der Waals surface area contributed by atoms with Gasteiger partial charge in [0, 0.05) is 5.92 Å². The Balaban J connectivity index is 1.27. The SMILES string of the molecule is Cc1cccc(C2(O)CN(C(=O)OCC3c4ccccc4-c4ccccc43)C2)c1. The van der Waals surface area contributed by atoms with Crippen LogP contribution in [0.2, 0.25) is 0 Å². The summed E-state index contributed by atoms with van der Waals surface area (Å²) >= 11 is 0. The quantitative estimate of drug-likeness (QED) is 0.725. The molecule has 0 saturated carbocycles. The maximum atomic E-state index is 12.6. The Bertz CT molecular complexity index is 1040. The third-order valence-corrected chi connectivity index (χ3v) is 6.05. The van der Waals surface area contributed by atoms with Crippen LogP contribution >= 0.6 is 0 Å². The average molecular weight is 385 g/mol. The average Bonchev–Trinajstić information content (AvgIpc) is 3.03. The van der Waals surface area contributed by atoms with Crippen molar-refractivity contribution >= 4 is 6.09 Å². The molecule has 146 valence electrons. The summed E-state index contributed by atoms with van der Waals surface area (Å²) in [6.45, 7) is 2.81. The normalized spacial score (nSPS) is 16.7. The monoisotopic (exact) mass is 385 g/mol. The Labute approximate surface area is 170 Å². The molecule has 0 bridgehead atoms. The van der Waals surface area contributed by atoms with Crippen LogP contribution < -0.4 is 0 Å². The fourth-order valence-corrected chi connectivity index (χ4v) is 4.52. The van der Waals surface area contributed by atoms with Gasteiger partial charge < -0.3 is 14.7 Å². The summed E-state index contributed by atoms with van der Waals surface area (Å²) in [6, 6.07) is 24.4. The Kier molecular flexibility index (Phi) is 4.18. The van der Waals surface area contributed by atoms with Crippen LogP contribution in [0.3, 0.4) is 0 Å². The summed E-state index contributed by atoms with van der Waals surface area (Å²) in [6.07, 6.45) is -0.371. The first-order valence-corrected chi connectivity index (χ1v) is 9.95. The summed E-state index contributed by atoms with van der Waals surface area (Å²) in [5, 5.41) is 10.8. The Morgan fingerprint density at radius 3 is 2.24 bits per heavy atom. The molecule has 1 aliphatic carbocycles. The summed E-state index contributed by atoms with van der Waals surface area (Å²) < 4.78 is 5.67. The lowest BCUT2D eigenvalue weighted by atomic mass is 9.86. The molecule has 5 rings (SSSR count). The molecule has 3 aromatic carbocycles. The van der Waals surface area contributed by atoms with E-state index in [-0.39, 0.29) is 25.1 Å². The van der Waals surface area contributed by atoms with Crippen LogP contribution in [0.5, 0.6) is 0 Å². The van der Waals surface area contributed by atoms with Gasteiger partial charge in [-0.1, -0.05) is 78.4 Å². The van der Waals surface area contributed by atoms with Crippen LogP contribution in [0.25, 0.3) is 11.1 Å². The first kappa shape index (κ1) is 18.0. The number of hydrogen-bond acceptors (Lipinski definition) is 3. The highest BCUT2D eigenvalue weighted by Crippen LogP contribution is 2.44. The molecular weight excluding hydrogens is 362 g/mol. The van der Waals surface area contributed by atoms with Crippen LogP contribution in [-0.2, 0) is 10.3 Å². The number of amides is 1. The highest BCUT2D eigenvalue weighted by molar-refractivity contribution is 5.79. The van der Waals surface area contributed by atoms with E-state index in [0.717, 1.165) is 11.1 Å². The highest BCUT2D eigenvalue weighted by Gasteiger charge is 2.46. The standard InChI is InChI=1S/C25H23NO3/c1-17-7-6-8-18(13-17)25(28)15-26(16-25)24(27)29-14-23-21-11-4-2-9-19(21)20-10-3-5-12-22(20)23/h2-13,23,28H,14-16H2,1H3. The lowest BCUT2D eigenvalue weighted by molar-refractivity contribution is -0.0943. The lowest BCUT2D eigenvalue weighted by Gasteiger charge is -2.46. The maximum Gasteiger partial charge on any atom is 0.410 e. The Morgan fingerprint density at radius 1 is 1.00 bits per heavy atom. The minimum atomic E-state index is -0.988. The van der Waals surface area contributed by atoms with Gasteiger partial charge in [-0.25, -0.2) is 4.79 Å². The van der Waals surface area contributed by atoms with Gasteiger partial charge >= 0.3 is 6.09 Å². The van der Waals surface area contributed by atoms with Gasteiger partial charge in [-0.3, -0.25) is 0 Å². The number of aryl methyl sites for hydroxylation is 1. The highest BCUT2D eigenvalue weighted by atomic mass is 16.6. The van der Waals surface area contributed by atoms with Crippen molar-refractivity contribution in [3.8, 4) is 11.1 Å². The number of benzene rings is 3. The van der Waals surface area contributed by atoms with E-state index in [2.05, 4.69) is 24.3 Å². The molecule has 3 aromatic rings. The van der Waals surface area contributed by atoms with Crippen LogP contribution in [-0.4, -0.2) is 35.8 Å². The van der Waals surface area contributed by atoms with Gasteiger partial charge in [-0.05, 0) is 34.7 Å². The van der Waals surface area contributed by atoms with E-state index in [1.54, 1.807) is 4.90 Å². The fourth-order valence-electron chi connectivity index (χ4n) is 4.52. The molecule has 0 spiro atoms. The number of carbonyl (C=O) groups excluding carboxylic acids is 1. The van der Waals surface area contributed by atoms with Crippen LogP contribution in [0.4, 0.5) is 4.79 Å². The van der Waals surface area contributed by atoms with Gasteiger partial charge in [0.1, 0.15) is 12.2 Å². The summed E-state index contributed by atoms with van der Waals surface area (Å²) in [5.74, 6) is 0.0447. The molecule has 0 aromatic heterocycles. The van der Waals surface area contributed by atoms with Crippen molar-refractivity contribution in [3.05, 3.63) is 95.1 Å². The first-order valence-electron chi connectivity index (χ1n) is 9.95. The summed E-state index contributed by atoms with van der Waals surface area (Å²) in [5.41, 5.74) is 5.76. The van der Waals surface area contributed by atoms with Crippen LogP contribution in [0.1, 0.15) is 28.2 Å². The van der Waals surface area contributed by atoms with Crippen molar-refractivity contribution in [2.75, 3.05) is 19.7 Å². The minimum absolute atomic E-state index is 0.0447. The molecule has 1 saturated heterocycles. The van der Waals surface area contributed by atoms with Gasteiger partial charge in [0.25, 0.3) is 0 Å². The maximum absolute atomic E-state index is 12.6. The third-order valence-electron chi connectivity index (χ3n) is 6.05. The van der Waals surface area contributed by atoms with Crippen molar-refractivity contribution < 1.29 is 14.6 Å². The molecule has 1 N–H and O–H groups in total. The molecule has 1 fully saturated rings. The van der Waals surface area contributed by atoms with Gasteiger partial charge in [-0.15, -0.1) is 0 Å². The summed E-state index contributed by atoms with van der Waals surface area (Å²) in [4.78, 5) is 14.1. The number of ether oxygens (including phenoxy) is 1. The molecule has 1 aliphatic heterocycles. The summed E-state index contributed by atoms with van der Waals surface area (Å²) in [7, 11) is 0. The van der Waals surface area contributed by atoms with Crippen molar-refractivity contribution in [2.45, 2.75) is 18.4 Å². The minimum Gasteiger partial charge on any atom is -0.448 e. The van der Waals surface area contributed by atoms with Crippen LogP contribution in [0.15, 0.2) is 72.8 Å². The van der Waals surface area contributed by atoms with Gasteiger partial charge in [-0.2, -0.15) is 0 Å². The fraction of sp³-hybridized carbons (Fsp3) is 0.240. The van der Waals surface area contributed by atoms with Gasteiger partial charge in [0.05, 0.1) is 13.1 Å². The predicted octanol–water partition coefficient (Wildman–Crippen LogP) is 4.45. The molecule has 29 heavy (non-hydrogen) atoms. The number of nitrogens with zero attached hydrogens (tertiary/aromatic N) is 1. The smallest absolute Gasteiger partial charge is 0.410 e. The number of hydrogen-bond donors (Lipinski definition) is 1. The second-order valence-electron chi connectivity index (χ2n) is 8.06. The second-order valence-corrected chi connectivity index (χ2v) is 8.06. The molecule has 1 heterocycles. The molecule has 2 aliphatic rings. The molecule has 0 atom stereocenters. The number of likely N-dealkylation sites (tertiary alicyclic amines) is 1. The third kappa shape index (κ3) is 3.00. The lowest BCUT2D eigenvalue weighted by Crippen LogP contribution is -2.61. The zero-order chi connectivity index (χ0) is 20.0. The van der Waals surface area contributed by atoms with Crippen molar-refractivity contribution in [2.24, 2.45) is 0 Å². The van der Waals surface area contributed by atoms with E-state index < -0.39 is 5.60 Å². The zero-order valence-corrected chi connectivity index (χ0v) is 16.3. The topological polar surface area (TPSA) is 49.8 Å². The molecule has 4 heteroatoms. The van der Waals surface area contributed by atoms with E-state index in [1.165, 1.54) is 22.3 Å². The molecular formula is C25H23NO3. The predicted molar refractivity (Wildman–Crippen MR) is 112 cm³/mol. The second kappa shape index (κ2) is 6.75. The number of aliphatic hydroxyl groups is 1. The molecule has 4 nitrogen and oxygen atoms in total. The molecule has 0 radical (unpaired) electrons. The van der Waals surface area contributed by atoms with Crippen molar-refractivity contribution in [1.29, 1.82) is 0 Å². The largest absolute Gasteiger partial charge is 0.448 e. The number of β-amino-alcohol motifs (C(OH)–C–C–N with tert-alkyl or cyclic N) is 1. The first-order chi connectivity index (χ1) is 14.0. The number of rotatable bonds is 3. The Morgan fingerprint density at radius 2 is 1.62 bits per heavy atom. The van der Waals surface area contributed by atoms with Gasteiger partial charge in [0.15, 0.2) is 0 Å². The van der Waals surface area contributed by atoms with E-state index in [4.69, 9.17) is 4.74 Å². The van der Waals surface area contributed by atoms with E-state index in [1.807, 2.05) is 55.5 Å². The van der Waals surface area contributed by atoms with Crippen molar-refractivity contribution in [1.82, 2.24) is 4.90 Å². The van der Waals surface area contributed by atoms with E-state index in [0.29, 0.717) is 6.61 Å². The van der Waals surface area contributed by atoms with Crippen LogP contribution in [0, 0.1) is 6.92 Å². The van der Waals surface area contributed by atoms with E-state index in [9.17, 15) is 9.90 Å². The van der Waals surface area contributed by atoms with Crippen molar-refractivity contribution in [3.63, 3.8) is 0 Å². The zero-order valence-electron chi connectivity index (χ0n) is 16.3. The van der Waals surface area contributed by atoms with E-state index >= 15 is 0 Å². The number of carbonyl (C=O) groups is 1. The molecule has 1 amide bonds.